The maximum absolute atomic E-state index is 2.50. The van der Waals surface area contributed by atoms with Gasteiger partial charge in [-0.05, 0) is 83.2 Å². The van der Waals surface area contributed by atoms with Gasteiger partial charge in [0.25, 0.3) is 0 Å². The van der Waals surface area contributed by atoms with Gasteiger partial charge in [-0.3, -0.25) is 0 Å². The van der Waals surface area contributed by atoms with Gasteiger partial charge >= 0.3 is 0 Å². The van der Waals surface area contributed by atoms with Crippen LogP contribution in [0.4, 0.5) is 17.1 Å². The van der Waals surface area contributed by atoms with Crippen LogP contribution in [0.2, 0.25) is 0 Å². The molecule has 0 saturated heterocycles. The number of nitrogens with zero attached hydrogens (tertiary/aromatic N) is 2. The summed E-state index contributed by atoms with van der Waals surface area (Å²) in [5.74, 6) is 0. The van der Waals surface area contributed by atoms with Crippen molar-refractivity contribution in [3.8, 4) is 16.8 Å². The number of aromatic nitrogens is 1. The molecule has 262 valence electrons. The maximum Gasteiger partial charge on any atom is 0.0640 e. The summed E-state index contributed by atoms with van der Waals surface area (Å²) in [4.78, 5) is 2.47. The molecule has 0 N–H and O–H groups in total. The third-order valence-corrected chi connectivity index (χ3v) is 13.7. The van der Waals surface area contributed by atoms with Crippen LogP contribution >= 0.6 is 22.7 Å². The van der Waals surface area contributed by atoms with E-state index in [4.69, 9.17) is 0 Å². The monoisotopic (exact) mass is 748 g/mol. The normalized spacial score (nSPS) is 11.9. The molecule has 0 radical (unpaired) electrons. The highest BCUT2D eigenvalue weighted by Gasteiger charge is 2.24. The van der Waals surface area contributed by atoms with Crippen LogP contribution in [-0.4, -0.2) is 4.57 Å². The van der Waals surface area contributed by atoms with Gasteiger partial charge in [0.2, 0.25) is 0 Å². The Balaban J connectivity index is 1.20. The second-order valence-electron chi connectivity index (χ2n) is 14.5. The number of para-hydroxylation sites is 2. The smallest absolute Gasteiger partial charge is 0.0640 e. The molecule has 12 aromatic rings. The molecule has 3 aromatic heterocycles. The van der Waals surface area contributed by atoms with E-state index in [9.17, 15) is 0 Å². The average molecular weight is 749 g/mol. The highest BCUT2D eigenvalue weighted by atomic mass is 32.1. The van der Waals surface area contributed by atoms with Crippen LogP contribution in [0, 0.1) is 0 Å². The Bertz CT molecular complexity index is 3480. The molecule has 0 spiro atoms. The minimum Gasteiger partial charge on any atom is -0.310 e. The first-order chi connectivity index (χ1) is 27.8. The molecule has 0 aliphatic heterocycles. The molecule has 4 heteroatoms. The second kappa shape index (κ2) is 12.4. The Hall–Kier alpha value is -6.72. The van der Waals surface area contributed by atoms with Crippen molar-refractivity contribution < 1.29 is 0 Å². The predicted molar refractivity (Wildman–Crippen MR) is 244 cm³/mol. The molecule has 0 aliphatic rings. The summed E-state index contributed by atoms with van der Waals surface area (Å²) in [5.41, 5.74) is 9.44. The van der Waals surface area contributed by atoms with Gasteiger partial charge in [-0.25, -0.2) is 0 Å². The van der Waals surface area contributed by atoms with Gasteiger partial charge in [0.05, 0.1) is 16.7 Å². The van der Waals surface area contributed by atoms with Gasteiger partial charge in [-0.2, -0.15) is 0 Å². The summed E-state index contributed by atoms with van der Waals surface area (Å²) in [6, 6.07) is 71.5. The Morgan fingerprint density at radius 2 is 1.07 bits per heavy atom. The fourth-order valence-electron chi connectivity index (χ4n) is 8.88. The number of hydrogen-bond acceptors (Lipinski definition) is 3. The predicted octanol–water partition coefficient (Wildman–Crippen LogP) is 15.8. The Morgan fingerprint density at radius 1 is 0.411 bits per heavy atom. The summed E-state index contributed by atoms with van der Waals surface area (Å²) >= 11 is 3.75. The highest BCUT2D eigenvalue weighted by molar-refractivity contribution is 7.26. The molecule has 0 unspecified atom stereocenters. The number of fused-ring (bicyclic) bond motifs is 11. The largest absolute Gasteiger partial charge is 0.310 e. The van der Waals surface area contributed by atoms with E-state index in [-0.39, 0.29) is 0 Å². The molecule has 2 nitrogen and oxygen atoms in total. The molecular formula is C52H32N2S2. The molecule has 0 atom stereocenters. The van der Waals surface area contributed by atoms with Crippen molar-refractivity contribution in [1.82, 2.24) is 4.57 Å². The summed E-state index contributed by atoms with van der Waals surface area (Å²) in [6.07, 6.45) is 0. The van der Waals surface area contributed by atoms with Crippen LogP contribution in [0.3, 0.4) is 0 Å². The van der Waals surface area contributed by atoms with Gasteiger partial charge in [0.15, 0.2) is 0 Å². The van der Waals surface area contributed by atoms with E-state index in [1.54, 1.807) is 0 Å². The zero-order chi connectivity index (χ0) is 36.7. The lowest BCUT2D eigenvalue weighted by atomic mass is 9.99. The van der Waals surface area contributed by atoms with Crippen LogP contribution in [0.5, 0.6) is 0 Å². The van der Waals surface area contributed by atoms with E-state index in [1.165, 1.54) is 84.0 Å². The lowest BCUT2D eigenvalue weighted by Crippen LogP contribution is -2.10. The zero-order valence-corrected chi connectivity index (χ0v) is 31.8. The van der Waals surface area contributed by atoms with Crippen molar-refractivity contribution in [2.75, 3.05) is 4.90 Å². The van der Waals surface area contributed by atoms with Crippen molar-refractivity contribution in [2.24, 2.45) is 0 Å². The highest BCUT2D eigenvalue weighted by Crippen LogP contribution is 2.49. The summed E-state index contributed by atoms with van der Waals surface area (Å²) in [7, 11) is 0. The number of rotatable bonds is 5. The van der Waals surface area contributed by atoms with Crippen molar-refractivity contribution in [3.63, 3.8) is 0 Å². The van der Waals surface area contributed by atoms with Gasteiger partial charge in [0, 0.05) is 73.6 Å². The minimum atomic E-state index is 1.12. The molecule has 0 amide bonds. The third-order valence-electron chi connectivity index (χ3n) is 11.3. The van der Waals surface area contributed by atoms with E-state index >= 15 is 0 Å². The Kier molecular flexibility index (Phi) is 7.00. The topological polar surface area (TPSA) is 8.17 Å². The molecule has 9 aromatic carbocycles. The summed E-state index contributed by atoms with van der Waals surface area (Å²) in [5, 5.41) is 10.1. The van der Waals surface area contributed by atoms with Crippen molar-refractivity contribution in [3.05, 3.63) is 194 Å². The van der Waals surface area contributed by atoms with Crippen LogP contribution in [0.1, 0.15) is 0 Å². The van der Waals surface area contributed by atoms with E-state index in [0.29, 0.717) is 0 Å². The van der Waals surface area contributed by atoms with Gasteiger partial charge < -0.3 is 9.47 Å². The Labute approximate surface area is 331 Å². The van der Waals surface area contributed by atoms with Crippen LogP contribution < -0.4 is 4.90 Å². The quantitative estimate of drug-likeness (QED) is 0.170. The number of benzene rings is 9. The van der Waals surface area contributed by atoms with E-state index in [2.05, 4.69) is 204 Å². The van der Waals surface area contributed by atoms with Crippen molar-refractivity contribution in [1.29, 1.82) is 0 Å². The molecule has 0 saturated carbocycles. The fraction of sp³-hybridized carbons (Fsp3) is 0. The van der Waals surface area contributed by atoms with E-state index in [0.717, 1.165) is 22.7 Å². The molecule has 12 rings (SSSR count). The van der Waals surface area contributed by atoms with Gasteiger partial charge in [-0.15, -0.1) is 22.7 Å². The van der Waals surface area contributed by atoms with Gasteiger partial charge in [0.1, 0.15) is 0 Å². The molecule has 0 bridgehead atoms. The van der Waals surface area contributed by atoms with Crippen LogP contribution in [0.25, 0.3) is 89.7 Å². The molecule has 56 heavy (non-hydrogen) atoms. The number of thiophene rings is 2. The Morgan fingerprint density at radius 3 is 1.89 bits per heavy atom. The van der Waals surface area contributed by atoms with Crippen molar-refractivity contribution in [2.45, 2.75) is 0 Å². The number of hydrogen-bond donors (Lipinski definition) is 0. The second-order valence-corrected chi connectivity index (χ2v) is 16.6. The third kappa shape index (κ3) is 4.73. The first kappa shape index (κ1) is 31.6. The molecular weight excluding hydrogens is 717 g/mol. The van der Waals surface area contributed by atoms with Crippen LogP contribution in [-0.2, 0) is 0 Å². The summed E-state index contributed by atoms with van der Waals surface area (Å²) < 4.78 is 7.76. The van der Waals surface area contributed by atoms with Crippen molar-refractivity contribution >= 4 is 113 Å². The molecule has 3 heterocycles. The molecule has 0 fully saturated rings. The SMILES string of the molecule is c1ccc(N(c2ccc3sc4ccccc4c3c2)c2cc3ccccc3c3c2c2ccc(-c4cccc5c4sc4ccccc45)cc2n3-c2ccccc2)cc1. The van der Waals surface area contributed by atoms with Crippen LogP contribution in [0.15, 0.2) is 194 Å². The summed E-state index contributed by atoms with van der Waals surface area (Å²) in [6.45, 7) is 0. The zero-order valence-electron chi connectivity index (χ0n) is 30.2. The van der Waals surface area contributed by atoms with E-state index in [1.807, 2.05) is 22.7 Å². The first-order valence-corrected chi connectivity index (χ1v) is 20.6. The first-order valence-electron chi connectivity index (χ1n) is 19.0. The average Bonchev–Trinajstić information content (AvgIpc) is 3.94. The number of anilines is 3. The fourth-order valence-corrected chi connectivity index (χ4v) is 11.2. The van der Waals surface area contributed by atoms with Gasteiger partial charge in [-0.1, -0.05) is 127 Å². The van der Waals surface area contributed by atoms with E-state index < -0.39 is 0 Å². The standard InChI is InChI=1S/C52H32N2S2/c1-3-15-35(16-4-1)53(37-27-29-49-44(32-37)41-21-10-11-24-47(41)55-49)46-31-33-14-7-8-19-38(33)51-50(46)43-28-26-34(30-45(43)54(51)36-17-5-2-6-18-36)39-22-13-23-42-40-20-9-12-25-48(40)56-52(39)42/h1-32H. The lowest BCUT2D eigenvalue weighted by Gasteiger charge is -2.27. The minimum absolute atomic E-state index is 1.12. The maximum atomic E-state index is 2.50. The molecule has 0 aliphatic carbocycles. The lowest BCUT2D eigenvalue weighted by molar-refractivity contribution is 1.19.